The molecule has 2 saturated heterocycles. The Morgan fingerprint density at radius 1 is 1.11 bits per heavy atom. The molecule has 10 atom stereocenters. The first-order valence-electron chi connectivity index (χ1n) is 10.5. The van der Waals surface area contributed by atoms with Crippen molar-refractivity contribution in [3.63, 3.8) is 0 Å². The Labute approximate surface area is 165 Å². The first kappa shape index (κ1) is 18.6. The van der Waals surface area contributed by atoms with E-state index in [4.69, 9.17) is 18.9 Å². The molecule has 0 aromatic carbocycles. The first-order valence-corrected chi connectivity index (χ1v) is 10.5. The largest absolute Gasteiger partial charge is 0.493 e. The Kier molecular flexibility index (Phi) is 3.87. The second-order valence-electron chi connectivity index (χ2n) is 9.92. The molecule has 5 aliphatic rings. The summed E-state index contributed by atoms with van der Waals surface area (Å²) in [5.41, 5.74) is -0.956. The number of fused-ring (bicyclic) bond motifs is 4. The molecule has 0 amide bonds. The van der Waals surface area contributed by atoms with Crippen molar-refractivity contribution in [2.24, 2.45) is 40.4 Å². The van der Waals surface area contributed by atoms with Crippen molar-refractivity contribution in [2.45, 2.75) is 58.8 Å². The molecule has 3 aliphatic carbocycles. The van der Waals surface area contributed by atoms with E-state index in [1.807, 2.05) is 6.08 Å². The molecule has 2 aliphatic heterocycles. The summed E-state index contributed by atoms with van der Waals surface area (Å²) >= 11 is 0. The van der Waals surface area contributed by atoms with Gasteiger partial charge < -0.3 is 18.9 Å². The molecule has 0 N–H and O–H groups in total. The minimum Gasteiger partial charge on any atom is -0.493 e. The number of esters is 1. The van der Waals surface area contributed by atoms with Crippen molar-refractivity contribution >= 4 is 11.8 Å². The second kappa shape index (κ2) is 5.82. The van der Waals surface area contributed by atoms with Crippen LogP contribution < -0.4 is 0 Å². The van der Waals surface area contributed by atoms with Crippen LogP contribution in [-0.2, 0) is 28.5 Å². The van der Waals surface area contributed by atoms with Crippen LogP contribution in [0.4, 0.5) is 0 Å². The van der Waals surface area contributed by atoms with Gasteiger partial charge in [0, 0.05) is 23.2 Å². The third-order valence-corrected chi connectivity index (χ3v) is 9.02. The highest BCUT2D eigenvalue weighted by Gasteiger charge is 2.74. The fraction of sp³-hybridized carbons (Fsp3) is 0.818. The second-order valence-corrected chi connectivity index (χ2v) is 9.92. The van der Waals surface area contributed by atoms with Gasteiger partial charge in [0.1, 0.15) is 12.9 Å². The molecule has 2 heterocycles. The third kappa shape index (κ3) is 2.01. The van der Waals surface area contributed by atoms with E-state index in [0.717, 1.165) is 0 Å². The number of methoxy groups -OCH3 is 1. The number of carbonyl (C=O) groups excluding carboxylic acids is 2. The summed E-state index contributed by atoms with van der Waals surface area (Å²) in [5.74, 6) is 0.825. The van der Waals surface area contributed by atoms with E-state index in [2.05, 4.69) is 27.7 Å². The smallest absolute Gasteiger partial charge is 0.306 e. The van der Waals surface area contributed by atoms with Gasteiger partial charge in [-0.05, 0) is 36.2 Å². The standard InChI is InChI=1S/C22H30O6/c1-10-6-14(25-5)20(24)22(4)12(10)7-15-21(3)13(8-16(23)28-15)11(2)17-18(19(21)22)27-9-26-17/h6,10-13,15,17-19H,7-9H2,1-5H3/t10?,11-,12?,13+,15-,17?,18?,19?,21-,22+/m1/s1. The minimum absolute atomic E-state index is 0.0576. The molecule has 0 aromatic rings. The Balaban J connectivity index is 1.72. The molecule has 28 heavy (non-hydrogen) atoms. The molecule has 0 bridgehead atoms. The van der Waals surface area contributed by atoms with Gasteiger partial charge >= 0.3 is 5.97 Å². The zero-order valence-electron chi connectivity index (χ0n) is 17.3. The highest BCUT2D eigenvalue weighted by atomic mass is 16.7. The number of hydrogen-bond donors (Lipinski definition) is 0. The Morgan fingerprint density at radius 2 is 1.82 bits per heavy atom. The summed E-state index contributed by atoms with van der Waals surface area (Å²) in [6.07, 6.45) is 2.57. The molecular formula is C22H30O6. The number of rotatable bonds is 1. The Bertz CT molecular complexity index is 760. The Hall–Kier alpha value is -1.40. The van der Waals surface area contributed by atoms with Crippen LogP contribution in [0.3, 0.4) is 0 Å². The normalized spacial score (nSPS) is 54.8. The highest BCUT2D eigenvalue weighted by molar-refractivity contribution is 5.99. The summed E-state index contributed by atoms with van der Waals surface area (Å²) in [6, 6.07) is 0. The van der Waals surface area contributed by atoms with Crippen molar-refractivity contribution in [2.75, 3.05) is 13.9 Å². The van der Waals surface area contributed by atoms with E-state index in [1.54, 1.807) is 7.11 Å². The number of allylic oxidation sites excluding steroid dienone is 2. The van der Waals surface area contributed by atoms with Crippen LogP contribution in [0.5, 0.6) is 0 Å². The van der Waals surface area contributed by atoms with Gasteiger partial charge in [-0.15, -0.1) is 0 Å². The summed E-state index contributed by atoms with van der Waals surface area (Å²) in [5, 5.41) is 0. The predicted octanol–water partition coefficient (Wildman–Crippen LogP) is 2.71. The average molecular weight is 390 g/mol. The highest BCUT2D eigenvalue weighted by Crippen LogP contribution is 2.69. The first-order chi connectivity index (χ1) is 13.2. The number of hydrogen-bond acceptors (Lipinski definition) is 6. The van der Waals surface area contributed by atoms with E-state index in [0.29, 0.717) is 18.6 Å². The molecule has 154 valence electrons. The lowest BCUT2D eigenvalue weighted by molar-refractivity contribution is -0.261. The van der Waals surface area contributed by atoms with Crippen molar-refractivity contribution in [1.29, 1.82) is 0 Å². The molecule has 0 radical (unpaired) electrons. The van der Waals surface area contributed by atoms with Crippen LogP contribution in [0.25, 0.3) is 0 Å². The lowest BCUT2D eigenvalue weighted by atomic mass is 9.38. The quantitative estimate of drug-likeness (QED) is 0.641. The van der Waals surface area contributed by atoms with Gasteiger partial charge in [-0.1, -0.05) is 27.7 Å². The zero-order chi connectivity index (χ0) is 20.0. The van der Waals surface area contributed by atoms with Crippen LogP contribution in [0, 0.1) is 40.4 Å². The molecule has 2 saturated carbocycles. The van der Waals surface area contributed by atoms with E-state index in [1.165, 1.54) is 0 Å². The number of carbonyl (C=O) groups is 2. The predicted molar refractivity (Wildman–Crippen MR) is 98.8 cm³/mol. The van der Waals surface area contributed by atoms with Crippen LogP contribution in [0.15, 0.2) is 11.8 Å². The summed E-state index contributed by atoms with van der Waals surface area (Å²) in [4.78, 5) is 26.2. The van der Waals surface area contributed by atoms with Crippen LogP contribution in [0.2, 0.25) is 0 Å². The molecular weight excluding hydrogens is 360 g/mol. The average Bonchev–Trinajstić information content (AvgIpc) is 3.12. The van der Waals surface area contributed by atoms with Crippen molar-refractivity contribution in [3.05, 3.63) is 11.8 Å². The molecule has 6 heteroatoms. The van der Waals surface area contributed by atoms with Crippen molar-refractivity contribution in [3.8, 4) is 0 Å². The summed E-state index contributed by atoms with van der Waals surface area (Å²) < 4.78 is 23.6. The van der Waals surface area contributed by atoms with Gasteiger partial charge in [0.05, 0.1) is 19.3 Å². The fourth-order valence-electron chi connectivity index (χ4n) is 7.78. The monoisotopic (exact) mass is 390 g/mol. The van der Waals surface area contributed by atoms with E-state index in [-0.39, 0.29) is 71.9 Å². The molecule has 0 aromatic heterocycles. The van der Waals surface area contributed by atoms with Gasteiger partial charge in [0.2, 0.25) is 5.78 Å². The van der Waals surface area contributed by atoms with Crippen molar-refractivity contribution in [1.82, 2.24) is 0 Å². The topological polar surface area (TPSA) is 71.1 Å². The minimum atomic E-state index is -0.635. The van der Waals surface area contributed by atoms with Gasteiger partial charge in [0.15, 0.2) is 5.76 Å². The number of Topliss-reactive ketones (excluding diaryl/α,β-unsaturated/α-hetero) is 1. The molecule has 0 spiro atoms. The third-order valence-electron chi connectivity index (χ3n) is 9.02. The van der Waals surface area contributed by atoms with E-state index in [9.17, 15) is 9.59 Å². The SMILES string of the molecule is COC1=CC(C)C2C[C@H]3OC(=O)C[C@H]4[C@@H](C)C5OCOC5C([C@@]2(C)C1=O)[C@@]34C. The molecule has 5 unspecified atom stereocenters. The van der Waals surface area contributed by atoms with Gasteiger partial charge in [-0.25, -0.2) is 0 Å². The lowest BCUT2D eigenvalue weighted by Gasteiger charge is -2.68. The van der Waals surface area contributed by atoms with Crippen molar-refractivity contribution < 1.29 is 28.5 Å². The van der Waals surface area contributed by atoms with Crippen LogP contribution >= 0.6 is 0 Å². The summed E-state index contributed by atoms with van der Waals surface area (Å²) in [6.45, 7) is 8.85. The van der Waals surface area contributed by atoms with Crippen LogP contribution in [-0.4, -0.2) is 44.0 Å². The maximum Gasteiger partial charge on any atom is 0.306 e. The Morgan fingerprint density at radius 3 is 2.54 bits per heavy atom. The van der Waals surface area contributed by atoms with E-state index < -0.39 is 5.41 Å². The van der Waals surface area contributed by atoms with Crippen LogP contribution in [0.1, 0.15) is 40.5 Å². The molecule has 6 nitrogen and oxygen atoms in total. The van der Waals surface area contributed by atoms with Gasteiger partial charge in [-0.2, -0.15) is 0 Å². The van der Waals surface area contributed by atoms with Gasteiger partial charge in [0.25, 0.3) is 0 Å². The number of ether oxygens (including phenoxy) is 4. The lowest BCUT2D eigenvalue weighted by Crippen LogP contribution is -2.73. The van der Waals surface area contributed by atoms with E-state index >= 15 is 0 Å². The molecule has 5 rings (SSSR count). The maximum atomic E-state index is 13.7. The fourth-order valence-corrected chi connectivity index (χ4v) is 7.78. The molecule has 4 fully saturated rings. The summed E-state index contributed by atoms with van der Waals surface area (Å²) in [7, 11) is 1.57. The van der Waals surface area contributed by atoms with Gasteiger partial charge in [-0.3, -0.25) is 9.59 Å². The zero-order valence-corrected chi connectivity index (χ0v) is 17.3. The number of ketones is 1. The maximum absolute atomic E-state index is 13.7.